The molecule has 2 aromatic carbocycles. The van der Waals surface area contributed by atoms with E-state index in [1.54, 1.807) is 0 Å². The second kappa shape index (κ2) is 9.58. The van der Waals surface area contributed by atoms with Crippen molar-refractivity contribution in [2.24, 2.45) is 5.92 Å². The molecule has 6 heteroatoms. The van der Waals surface area contributed by atoms with Gasteiger partial charge in [0.1, 0.15) is 0 Å². The minimum absolute atomic E-state index is 0.377. The Kier molecular flexibility index (Phi) is 8.05. The molecule has 25 heavy (non-hydrogen) atoms. The van der Waals surface area contributed by atoms with Gasteiger partial charge in [-0.3, -0.25) is 0 Å². The summed E-state index contributed by atoms with van der Waals surface area (Å²) in [6, 6.07) is 15.2. The monoisotopic (exact) mass is 486 g/mol. The first-order valence-electron chi connectivity index (χ1n) is 8.13. The molecule has 0 aromatic heterocycles. The van der Waals surface area contributed by atoms with E-state index in [4.69, 9.17) is 23.9 Å². The van der Waals surface area contributed by atoms with Gasteiger partial charge in [-0.1, -0.05) is 0 Å². The zero-order valence-corrected chi connectivity index (χ0v) is 18.7. The van der Waals surface area contributed by atoms with Crippen LogP contribution in [0.4, 0.5) is 0 Å². The third-order valence-electron chi connectivity index (χ3n) is 3.69. The van der Waals surface area contributed by atoms with Crippen molar-refractivity contribution in [1.29, 1.82) is 0 Å². The predicted octanol–water partition coefficient (Wildman–Crippen LogP) is 5.23. The summed E-state index contributed by atoms with van der Waals surface area (Å²) in [6.07, 6.45) is 0.923. The maximum absolute atomic E-state index is 13.7. The molecule has 0 aliphatic carbocycles. The summed E-state index contributed by atoms with van der Waals surface area (Å²) < 4.78 is 21.4. The minimum atomic E-state index is -3.14. The van der Waals surface area contributed by atoms with E-state index in [1.165, 1.54) is 5.56 Å². The second-order valence-corrected chi connectivity index (χ2v) is 14.2. The predicted molar refractivity (Wildman–Crippen MR) is 107 cm³/mol. The molecule has 1 unspecified atom stereocenters. The van der Waals surface area contributed by atoms with Gasteiger partial charge in [0.15, 0.2) is 0 Å². The molecule has 0 bridgehead atoms. The van der Waals surface area contributed by atoms with Crippen molar-refractivity contribution in [3.8, 4) is 0 Å². The molecule has 0 radical (unpaired) electrons. The number of hydrogen-bond donors (Lipinski definition) is 0. The van der Waals surface area contributed by atoms with E-state index < -0.39 is 20.9 Å². The fourth-order valence-corrected chi connectivity index (χ4v) is 6.64. The summed E-state index contributed by atoms with van der Waals surface area (Å²) in [5.41, 5.74) is 2.15. The van der Waals surface area contributed by atoms with Crippen molar-refractivity contribution in [3.63, 3.8) is 0 Å². The van der Waals surface area contributed by atoms with Crippen molar-refractivity contribution in [2.45, 2.75) is 27.2 Å². The van der Waals surface area contributed by atoms with Gasteiger partial charge in [0, 0.05) is 0 Å². The third kappa shape index (κ3) is 5.59. The zero-order valence-electron chi connectivity index (χ0n) is 14.6. The van der Waals surface area contributed by atoms with E-state index in [0.717, 1.165) is 12.0 Å². The van der Waals surface area contributed by atoms with E-state index in [1.807, 2.05) is 60.1 Å². The Morgan fingerprint density at radius 1 is 1.12 bits per heavy atom. The Morgan fingerprint density at radius 2 is 1.80 bits per heavy atom. The van der Waals surface area contributed by atoms with Crippen LogP contribution in [0.1, 0.15) is 31.9 Å². The molecule has 0 aliphatic rings. The number of halogens is 2. The van der Waals surface area contributed by atoms with Crippen molar-refractivity contribution in [3.05, 3.63) is 59.7 Å². The first-order valence-corrected chi connectivity index (χ1v) is 15.2. The van der Waals surface area contributed by atoms with Crippen LogP contribution in [0.5, 0.6) is 0 Å². The average molecular weight is 486 g/mol. The fraction of sp³-hybridized carbons (Fsp3) is 0.316. The molecule has 0 N–H and O–H groups in total. The topological polar surface area (TPSA) is 26.3 Å². The van der Waals surface area contributed by atoms with E-state index in [9.17, 15) is 4.57 Å². The molecule has 2 aromatic rings. The van der Waals surface area contributed by atoms with Crippen LogP contribution in [0.3, 0.4) is 0 Å². The quantitative estimate of drug-likeness (QED) is 0.396. The van der Waals surface area contributed by atoms with Crippen LogP contribution in [0.2, 0.25) is 0 Å². The van der Waals surface area contributed by atoms with Crippen molar-refractivity contribution < 1.29 is 22.6 Å². The molecule has 138 valence electrons. The number of benzene rings is 2. The summed E-state index contributed by atoms with van der Waals surface area (Å²) in [6.45, 7) is 6.57. The summed E-state index contributed by atoms with van der Waals surface area (Å²) in [4.78, 5) is 0. The molecular weight excluding hydrogens is 463 g/mol. The molecular formula is C19H23Cl2O2PRu. The zero-order chi connectivity index (χ0) is 18.4. The summed E-state index contributed by atoms with van der Waals surface area (Å²) >= 11 is -1.99. The van der Waals surface area contributed by atoms with Gasteiger partial charge in [-0.25, -0.2) is 0 Å². The molecule has 0 heterocycles. The van der Waals surface area contributed by atoms with Crippen LogP contribution in [0.25, 0.3) is 0 Å². The van der Waals surface area contributed by atoms with Crippen LogP contribution >= 0.6 is 26.8 Å². The molecule has 0 amide bonds. The van der Waals surface area contributed by atoms with Crippen LogP contribution in [0.15, 0.2) is 48.5 Å². The molecule has 0 fully saturated rings. The van der Waals surface area contributed by atoms with Crippen LogP contribution < -0.4 is 10.6 Å². The Bertz CT molecular complexity index is 787. The van der Waals surface area contributed by atoms with Crippen molar-refractivity contribution >= 4 is 42.0 Å². The Hall–Kier alpha value is -0.297. The normalized spacial score (nSPS) is 14.2. The fourth-order valence-electron chi connectivity index (χ4n) is 2.67. The summed E-state index contributed by atoms with van der Waals surface area (Å²) in [5.74, 6) is 0.511. The molecule has 0 saturated heterocycles. The third-order valence-corrected chi connectivity index (χ3v) is 8.08. The average Bonchev–Trinajstić information content (AvgIpc) is 2.56. The van der Waals surface area contributed by atoms with Crippen molar-refractivity contribution in [1.82, 2.24) is 0 Å². The van der Waals surface area contributed by atoms with E-state index in [0.29, 0.717) is 23.1 Å². The van der Waals surface area contributed by atoms with Gasteiger partial charge in [0.2, 0.25) is 0 Å². The van der Waals surface area contributed by atoms with Crippen LogP contribution in [-0.4, -0.2) is 11.2 Å². The maximum atomic E-state index is 13.7. The molecule has 1 atom stereocenters. The Labute approximate surface area is 163 Å². The van der Waals surface area contributed by atoms with Crippen LogP contribution in [-0.2, 0) is 29.0 Å². The standard InChI is InChI=1S/C19H23O2P.2ClH.Ru/c1-5-21-22(20,18-9-7-6-8-10-18)19-12-11-17(13-15(2)3)16(4)14-19;;;/h4,6-12,14-15H,5,13H2,1-3H3;2*1H;/q;;;+2/p-2. The second-order valence-electron chi connectivity index (χ2n) is 6.09. The Morgan fingerprint density at radius 3 is 2.36 bits per heavy atom. The first-order chi connectivity index (χ1) is 11.9. The molecule has 2 nitrogen and oxygen atoms in total. The number of rotatable bonds is 7. The molecule has 0 saturated carbocycles. The van der Waals surface area contributed by atoms with Gasteiger partial charge in [-0.05, 0) is 0 Å². The molecule has 0 spiro atoms. The van der Waals surface area contributed by atoms with Crippen molar-refractivity contribution in [2.75, 3.05) is 6.61 Å². The van der Waals surface area contributed by atoms with Gasteiger partial charge in [0.05, 0.1) is 0 Å². The van der Waals surface area contributed by atoms with Gasteiger partial charge < -0.3 is 0 Å². The Balaban J connectivity index is 2.59. The first kappa shape index (κ1) is 21.0. The van der Waals surface area contributed by atoms with Crippen LogP contribution in [0, 0.1) is 5.92 Å². The van der Waals surface area contributed by atoms with E-state index in [2.05, 4.69) is 13.8 Å². The molecule has 0 aliphatic heterocycles. The summed E-state index contributed by atoms with van der Waals surface area (Å²) in [5, 5.41) is 1.38. The van der Waals surface area contributed by atoms with Gasteiger partial charge in [0.25, 0.3) is 0 Å². The number of hydrogen-bond acceptors (Lipinski definition) is 2. The van der Waals surface area contributed by atoms with Gasteiger partial charge >= 0.3 is 164 Å². The van der Waals surface area contributed by atoms with Gasteiger partial charge in [-0.15, -0.1) is 0 Å². The van der Waals surface area contributed by atoms with Gasteiger partial charge in [-0.2, -0.15) is 0 Å². The summed E-state index contributed by atoms with van der Waals surface area (Å²) in [7, 11) is 9.10. The SMILES string of the molecule is CCOP(=O)(c1ccccc1)c1ccc(CC(C)C)c([CH]=[Ru]([Cl])[Cl])c1. The van der Waals surface area contributed by atoms with E-state index in [-0.39, 0.29) is 0 Å². The van der Waals surface area contributed by atoms with E-state index >= 15 is 0 Å². The molecule has 2 rings (SSSR count).